The Morgan fingerprint density at radius 2 is 1.25 bits per heavy atom. The van der Waals surface area contributed by atoms with Gasteiger partial charge in [-0.2, -0.15) is 0 Å². The van der Waals surface area contributed by atoms with Gasteiger partial charge in [0.05, 0.1) is 0 Å². The molecule has 4 heavy (non-hydrogen) atoms. The molecule has 22 valence electrons. The minimum Gasteiger partial charge on any atom is -1.00 e. The molecule has 1 nitrogen and oxygen atoms in total. The second-order valence-electron chi connectivity index (χ2n) is 0. The van der Waals surface area contributed by atoms with Crippen molar-refractivity contribution in [2.24, 2.45) is 0 Å². The predicted molar refractivity (Wildman–Crippen MR) is 11.6 cm³/mol. The summed E-state index contributed by atoms with van der Waals surface area (Å²) < 4.78 is 7.72. The maximum Gasteiger partial charge on any atom is 2.00 e. The molecule has 0 aromatic rings. The number of hydrogen-bond acceptors (Lipinski definition) is 1. The van der Waals surface area contributed by atoms with Crippen molar-refractivity contribution in [1.82, 2.24) is 0 Å². The van der Waals surface area contributed by atoms with Gasteiger partial charge in [0.25, 0.3) is 0 Å². The van der Waals surface area contributed by atoms with Gasteiger partial charge in [0.2, 0.25) is 0 Å². The van der Waals surface area contributed by atoms with Gasteiger partial charge in [-0.05, 0) is 0 Å². The minimum atomic E-state index is 0. The Labute approximate surface area is 52.1 Å². The molecule has 0 N–H and O–H groups in total. The van der Waals surface area contributed by atoms with Crippen LogP contribution in [0.25, 0.3) is 0 Å². The van der Waals surface area contributed by atoms with E-state index in [-0.39, 0.29) is 35.5 Å². The topological polar surface area (TPSA) is 23.1 Å². The van der Waals surface area contributed by atoms with E-state index >= 15 is 0 Å². The quantitative estimate of drug-likeness (QED) is 0.293. The first-order valence-electron chi connectivity index (χ1n) is 0.154. The minimum absolute atomic E-state index is 0. The van der Waals surface area contributed by atoms with Crippen LogP contribution in [0.1, 0.15) is 0 Å². The summed E-state index contributed by atoms with van der Waals surface area (Å²) in [7, 11) is 0. The Morgan fingerprint density at radius 1 is 1.25 bits per heavy atom. The molecule has 0 fully saturated rings. The molecule has 0 aromatic heterocycles. The Balaban J connectivity index is -0.00000000500. The van der Waals surface area contributed by atoms with Crippen molar-refractivity contribution in [1.29, 1.82) is 0 Å². The summed E-state index contributed by atoms with van der Waals surface area (Å²) in [6, 6.07) is 0. The third-order valence-corrected chi connectivity index (χ3v) is 0. The summed E-state index contributed by atoms with van der Waals surface area (Å²) in [5, 5.41) is 0. The fourth-order valence-electron chi connectivity index (χ4n) is 0. The fraction of sp³-hybridized carbons (Fsp3) is 0. The third kappa shape index (κ3) is 10.3. The maximum absolute atomic E-state index is 7.72. The van der Waals surface area contributed by atoms with Crippen LogP contribution >= 0.6 is 11.9 Å². The van der Waals surface area contributed by atoms with Crippen molar-refractivity contribution >= 4 is 34.9 Å². The van der Waals surface area contributed by atoms with E-state index in [1.807, 2.05) is 0 Å². The van der Waals surface area contributed by atoms with Crippen LogP contribution in [0.4, 0.5) is 0 Å². The zero-order valence-electron chi connectivity index (χ0n) is 1.87. The third-order valence-electron chi connectivity index (χ3n) is 0. The number of rotatable bonds is 0. The number of halogens is 2. The Kier molecular flexibility index (Phi) is 128. The van der Waals surface area contributed by atoms with Gasteiger partial charge < -0.3 is 17.1 Å². The first kappa shape index (κ1) is 18.5. The van der Waals surface area contributed by atoms with E-state index in [9.17, 15) is 0 Å². The molecule has 0 aliphatic rings. The average Bonchev–Trinajstić information content (AvgIpc) is 1.00. The molecule has 4 heteroatoms. The van der Waals surface area contributed by atoms with Crippen LogP contribution in [-0.2, 0) is 0 Å². The molecule has 0 atom stereocenters. The van der Waals surface area contributed by atoms with Gasteiger partial charge in [0.15, 0.2) is 0 Å². The molecule has 0 bridgehead atoms. The summed E-state index contributed by atoms with van der Waals surface area (Å²) >= 11 is 3.39. The van der Waals surface area contributed by atoms with Crippen LogP contribution in [0.2, 0.25) is 0 Å². The van der Waals surface area contributed by atoms with Gasteiger partial charge in [-0.1, -0.05) is 0 Å². The second-order valence-corrected chi connectivity index (χ2v) is 0. The smallest absolute Gasteiger partial charge is 1.00 e. The van der Waals surface area contributed by atoms with Crippen molar-refractivity contribution < 1.29 is 17.1 Å². The summed E-state index contributed by atoms with van der Waals surface area (Å²) in [5.41, 5.74) is 0. The molecule has 0 aliphatic carbocycles. The molecule has 0 saturated carbocycles. The summed E-state index contributed by atoms with van der Waals surface area (Å²) in [4.78, 5) is 0. The van der Waals surface area contributed by atoms with Crippen LogP contribution in [-0.4, -0.2) is 23.1 Å². The molecule has 0 spiro atoms. The van der Waals surface area contributed by atoms with Gasteiger partial charge in [0.1, 0.15) is 0 Å². The van der Waals surface area contributed by atoms with Gasteiger partial charge in [-0.15, -0.1) is 0 Å². The summed E-state index contributed by atoms with van der Waals surface area (Å²) in [6.45, 7) is 0. The van der Waals surface area contributed by atoms with E-state index in [4.69, 9.17) is 4.66 Å². The van der Waals surface area contributed by atoms with Crippen LogP contribution in [0, 0.1) is 0 Å². The molecular weight excluding hydrogens is 111 g/mol. The summed E-state index contributed by atoms with van der Waals surface area (Å²) in [5.74, 6) is 0. The van der Waals surface area contributed by atoms with E-state index in [2.05, 4.69) is 11.9 Å². The van der Waals surface area contributed by atoms with E-state index in [0.29, 0.717) is 0 Å². The molecule has 0 radical (unpaired) electrons. The fourth-order valence-corrected chi connectivity index (χ4v) is 0. The molecule has 0 aromatic carbocycles. The van der Waals surface area contributed by atoms with Crippen molar-refractivity contribution in [2.45, 2.75) is 0 Å². The molecule has 0 unspecified atom stereocenters. The molecule has 0 aliphatic heterocycles. The molecule has 0 amide bonds. The Hall–Kier alpha value is 1.31. The molecular formula is Cl2MgO. The summed E-state index contributed by atoms with van der Waals surface area (Å²) in [6.07, 6.45) is 0. The van der Waals surface area contributed by atoms with E-state index in [1.54, 1.807) is 0 Å². The van der Waals surface area contributed by atoms with Gasteiger partial charge >= 0.3 is 23.1 Å². The standard InChI is InChI=1S/ClO.ClH.Mg/c1-2;;/h;1H;/q-1;;+2/p-1. The maximum atomic E-state index is 7.72. The van der Waals surface area contributed by atoms with Crippen LogP contribution in [0.5, 0.6) is 0 Å². The van der Waals surface area contributed by atoms with Gasteiger partial charge in [0, 0.05) is 0 Å². The first-order chi connectivity index (χ1) is 1.00. The van der Waals surface area contributed by atoms with E-state index < -0.39 is 0 Å². The average molecular weight is 111 g/mol. The second kappa shape index (κ2) is 27.6. The van der Waals surface area contributed by atoms with Crippen LogP contribution < -0.4 is 17.1 Å². The monoisotopic (exact) mass is 110 g/mol. The zero-order valence-corrected chi connectivity index (χ0v) is 4.80. The van der Waals surface area contributed by atoms with Crippen LogP contribution in [0.3, 0.4) is 0 Å². The van der Waals surface area contributed by atoms with Gasteiger partial charge in [-0.25, -0.2) is 11.9 Å². The van der Waals surface area contributed by atoms with E-state index in [0.717, 1.165) is 0 Å². The van der Waals surface area contributed by atoms with Crippen LogP contribution in [0.15, 0.2) is 0 Å². The number of hydrogen-bond donors (Lipinski definition) is 0. The molecule has 0 heterocycles. The zero-order chi connectivity index (χ0) is 2.00. The largest absolute Gasteiger partial charge is 2.00 e. The van der Waals surface area contributed by atoms with Crippen molar-refractivity contribution in [3.63, 3.8) is 0 Å². The predicted octanol–water partition coefficient (Wildman–Crippen LogP) is -3.88. The molecule has 0 saturated heterocycles. The Bertz CT molecular complexity index is 6.00. The normalized spacial score (nSPS) is 1.50. The van der Waals surface area contributed by atoms with Crippen molar-refractivity contribution in [3.8, 4) is 0 Å². The van der Waals surface area contributed by atoms with E-state index in [1.165, 1.54) is 0 Å². The molecule has 0 rings (SSSR count). The van der Waals surface area contributed by atoms with Gasteiger partial charge in [-0.3, -0.25) is 0 Å². The van der Waals surface area contributed by atoms with Crippen molar-refractivity contribution in [3.05, 3.63) is 0 Å². The first-order valence-corrected chi connectivity index (χ1v) is 0.463. The van der Waals surface area contributed by atoms with Crippen molar-refractivity contribution in [2.75, 3.05) is 0 Å². The Morgan fingerprint density at radius 3 is 1.25 bits per heavy atom. The SMILES string of the molecule is [Cl-].[Mg+2].[O-]Cl.